The van der Waals surface area contributed by atoms with Gasteiger partial charge in [0, 0.05) is 39.0 Å². The van der Waals surface area contributed by atoms with Crippen LogP contribution in [0, 0.1) is 5.82 Å². The average molecular weight is 270 g/mol. The van der Waals surface area contributed by atoms with Gasteiger partial charge in [-0.05, 0) is 30.7 Å². The summed E-state index contributed by atoms with van der Waals surface area (Å²) in [6, 6.07) is 4.70. The highest BCUT2D eigenvalue weighted by Crippen LogP contribution is 2.22. The van der Waals surface area contributed by atoms with Crippen LogP contribution in [0.2, 0.25) is 0 Å². The summed E-state index contributed by atoms with van der Waals surface area (Å²) in [6.45, 7) is 3.88. The Morgan fingerprint density at radius 2 is 2.21 bits per heavy atom. The molecule has 108 valence electrons. The minimum atomic E-state index is -0.252. The normalized spacial score (nSPS) is 12.5. The lowest BCUT2D eigenvalue weighted by Crippen LogP contribution is -2.33. The molecule has 1 atom stereocenters. The van der Waals surface area contributed by atoms with Crippen molar-refractivity contribution in [1.82, 2.24) is 5.32 Å². The van der Waals surface area contributed by atoms with Gasteiger partial charge in [0.25, 0.3) is 0 Å². The maximum atomic E-state index is 13.3. The van der Waals surface area contributed by atoms with E-state index in [1.165, 1.54) is 12.1 Å². The molecule has 0 aromatic heterocycles. The molecule has 0 radical (unpaired) electrons. The summed E-state index contributed by atoms with van der Waals surface area (Å²) >= 11 is 0. The third-order valence-corrected chi connectivity index (χ3v) is 3.15. The number of anilines is 1. The zero-order valence-electron chi connectivity index (χ0n) is 11.8. The summed E-state index contributed by atoms with van der Waals surface area (Å²) in [5, 5.41) is 12.4. The number of ether oxygens (including phenoxy) is 1. The van der Waals surface area contributed by atoms with Crippen LogP contribution in [0.1, 0.15) is 12.5 Å². The molecule has 0 heterocycles. The minimum Gasteiger partial charge on any atom is -0.394 e. The van der Waals surface area contributed by atoms with Gasteiger partial charge in [0.2, 0.25) is 0 Å². The van der Waals surface area contributed by atoms with Gasteiger partial charge in [-0.1, -0.05) is 0 Å². The standard InChI is InChI=1S/C14H23FN2O2/c1-11(10-18)17(2)14-5-4-13(15)8-12(14)9-16-6-7-19-3/h4-5,8,11,16,18H,6-7,9-10H2,1-3H3. The van der Waals surface area contributed by atoms with Crippen LogP contribution < -0.4 is 10.2 Å². The molecule has 0 fully saturated rings. The number of aliphatic hydroxyl groups excluding tert-OH is 1. The van der Waals surface area contributed by atoms with E-state index in [0.29, 0.717) is 19.7 Å². The first-order valence-electron chi connectivity index (χ1n) is 6.42. The highest BCUT2D eigenvalue weighted by molar-refractivity contribution is 5.54. The fourth-order valence-electron chi connectivity index (χ4n) is 1.80. The molecule has 0 aliphatic heterocycles. The van der Waals surface area contributed by atoms with E-state index in [4.69, 9.17) is 4.74 Å². The molecule has 1 aromatic carbocycles. The lowest BCUT2D eigenvalue weighted by molar-refractivity contribution is 0.199. The number of hydrogen-bond acceptors (Lipinski definition) is 4. The molecule has 2 N–H and O–H groups in total. The largest absolute Gasteiger partial charge is 0.394 e. The Hall–Kier alpha value is -1.17. The van der Waals surface area contributed by atoms with Crippen LogP contribution in [-0.4, -0.2) is 45.1 Å². The third kappa shape index (κ3) is 4.78. The molecule has 19 heavy (non-hydrogen) atoms. The lowest BCUT2D eigenvalue weighted by Gasteiger charge is -2.28. The van der Waals surface area contributed by atoms with Crippen LogP contribution in [0.3, 0.4) is 0 Å². The summed E-state index contributed by atoms with van der Waals surface area (Å²) in [6.07, 6.45) is 0. The van der Waals surface area contributed by atoms with Crippen molar-refractivity contribution >= 4 is 5.69 Å². The number of likely N-dealkylation sites (N-methyl/N-ethyl adjacent to an activating group) is 1. The predicted molar refractivity (Wildman–Crippen MR) is 74.9 cm³/mol. The topological polar surface area (TPSA) is 44.7 Å². The van der Waals surface area contributed by atoms with Crippen LogP contribution in [0.15, 0.2) is 18.2 Å². The van der Waals surface area contributed by atoms with Crippen molar-refractivity contribution in [2.24, 2.45) is 0 Å². The van der Waals surface area contributed by atoms with Crippen molar-refractivity contribution in [2.75, 3.05) is 38.8 Å². The Morgan fingerprint density at radius 1 is 1.47 bits per heavy atom. The lowest BCUT2D eigenvalue weighted by atomic mass is 10.1. The molecule has 0 amide bonds. The number of nitrogens with one attached hydrogen (secondary N) is 1. The van der Waals surface area contributed by atoms with Crippen LogP contribution in [0.5, 0.6) is 0 Å². The SMILES string of the molecule is COCCNCc1cc(F)ccc1N(C)C(C)CO. The van der Waals surface area contributed by atoms with Gasteiger partial charge in [0.15, 0.2) is 0 Å². The van der Waals surface area contributed by atoms with Gasteiger partial charge in [-0.2, -0.15) is 0 Å². The first kappa shape index (κ1) is 15.9. The maximum absolute atomic E-state index is 13.3. The Labute approximate surface area is 114 Å². The number of rotatable bonds is 8. The second-order valence-corrected chi connectivity index (χ2v) is 4.59. The van der Waals surface area contributed by atoms with Gasteiger partial charge in [0.05, 0.1) is 13.2 Å². The Bertz CT molecular complexity index is 388. The summed E-state index contributed by atoms with van der Waals surface area (Å²) in [5.41, 5.74) is 1.80. The van der Waals surface area contributed by atoms with Crippen molar-refractivity contribution in [3.63, 3.8) is 0 Å². The quantitative estimate of drug-likeness (QED) is 0.701. The minimum absolute atomic E-state index is 0.0109. The predicted octanol–water partition coefficient (Wildman–Crippen LogP) is 1.38. The van der Waals surface area contributed by atoms with Gasteiger partial charge in [-0.25, -0.2) is 4.39 Å². The second-order valence-electron chi connectivity index (χ2n) is 4.59. The van der Waals surface area contributed by atoms with Gasteiger partial charge in [-0.15, -0.1) is 0 Å². The smallest absolute Gasteiger partial charge is 0.123 e. The molecule has 0 bridgehead atoms. The average Bonchev–Trinajstić information content (AvgIpc) is 2.42. The summed E-state index contributed by atoms with van der Waals surface area (Å²) in [7, 11) is 3.54. The van der Waals surface area contributed by atoms with E-state index in [-0.39, 0.29) is 18.5 Å². The molecule has 1 rings (SSSR count). The Kier molecular flexibility index (Phi) is 6.77. The molecule has 5 heteroatoms. The van der Waals surface area contributed by atoms with Gasteiger partial charge < -0.3 is 20.1 Å². The summed E-state index contributed by atoms with van der Waals surface area (Å²) in [4.78, 5) is 1.95. The molecule has 0 saturated carbocycles. The van der Waals surface area contributed by atoms with Gasteiger partial charge in [-0.3, -0.25) is 0 Å². The van der Waals surface area contributed by atoms with Crippen molar-refractivity contribution in [2.45, 2.75) is 19.5 Å². The van der Waals surface area contributed by atoms with E-state index >= 15 is 0 Å². The highest BCUT2D eigenvalue weighted by atomic mass is 19.1. The second kappa shape index (κ2) is 8.09. The molecule has 0 spiro atoms. The van der Waals surface area contributed by atoms with Gasteiger partial charge in [0.1, 0.15) is 5.82 Å². The van der Waals surface area contributed by atoms with Crippen molar-refractivity contribution in [3.8, 4) is 0 Å². The molecule has 0 aliphatic carbocycles. The first-order chi connectivity index (χ1) is 9.10. The molecule has 4 nitrogen and oxygen atoms in total. The zero-order valence-corrected chi connectivity index (χ0v) is 11.8. The van der Waals surface area contributed by atoms with E-state index in [9.17, 15) is 9.50 Å². The van der Waals surface area contributed by atoms with Crippen molar-refractivity contribution < 1.29 is 14.2 Å². The van der Waals surface area contributed by atoms with Crippen molar-refractivity contribution in [3.05, 3.63) is 29.6 Å². The third-order valence-electron chi connectivity index (χ3n) is 3.15. The van der Waals surface area contributed by atoms with Crippen LogP contribution in [0.4, 0.5) is 10.1 Å². The summed E-state index contributed by atoms with van der Waals surface area (Å²) < 4.78 is 18.3. The van der Waals surface area contributed by atoms with E-state index in [0.717, 1.165) is 11.3 Å². The Balaban J connectivity index is 2.79. The van der Waals surface area contributed by atoms with Gasteiger partial charge >= 0.3 is 0 Å². The molecular formula is C14H23FN2O2. The van der Waals surface area contributed by atoms with Crippen LogP contribution in [0.25, 0.3) is 0 Å². The van der Waals surface area contributed by atoms with E-state index in [1.807, 2.05) is 18.9 Å². The first-order valence-corrected chi connectivity index (χ1v) is 6.42. The van der Waals surface area contributed by atoms with Crippen molar-refractivity contribution in [1.29, 1.82) is 0 Å². The van der Waals surface area contributed by atoms with Crippen LogP contribution in [-0.2, 0) is 11.3 Å². The molecule has 1 aromatic rings. The fourth-order valence-corrected chi connectivity index (χ4v) is 1.80. The number of methoxy groups -OCH3 is 1. The van der Waals surface area contributed by atoms with E-state index in [2.05, 4.69) is 5.32 Å². The number of benzene rings is 1. The van der Waals surface area contributed by atoms with Crippen LogP contribution >= 0.6 is 0 Å². The Morgan fingerprint density at radius 3 is 2.84 bits per heavy atom. The molecule has 1 unspecified atom stereocenters. The summed E-state index contributed by atoms with van der Waals surface area (Å²) in [5.74, 6) is -0.252. The maximum Gasteiger partial charge on any atom is 0.123 e. The molecule has 0 saturated heterocycles. The molecule has 0 aliphatic rings. The number of aliphatic hydroxyl groups is 1. The molecular weight excluding hydrogens is 247 g/mol. The highest BCUT2D eigenvalue weighted by Gasteiger charge is 2.13. The fraction of sp³-hybridized carbons (Fsp3) is 0.571. The number of hydrogen-bond donors (Lipinski definition) is 2. The van der Waals surface area contributed by atoms with E-state index in [1.54, 1.807) is 13.2 Å². The number of halogens is 1. The zero-order chi connectivity index (χ0) is 14.3. The number of nitrogens with zero attached hydrogens (tertiary/aromatic N) is 1. The van der Waals surface area contributed by atoms with E-state index < -0.39 is 0 Å². The monoisotopic (exact) mass is 270 g/mol.